The number of amides is 2. The Balaban J connectivity index is 2.26. The fraction of sp³-hybridized carbons (Fsp3) is 0.417. The van der Waals surface area contributed by atoms with Gasteiger partial charge >= 0.3 is 0 Å². The summed E-state index contributed by atoms with van der Waals surface area (Å²) in [4.78, 5) is 28.8. The Kier molecular flexibility index (Phi) is 3.66. The molecule has 2 rings (SSSR count). The molecule has 7 heteroatoms. The van der Waals surface area contributed by atoms with Crippen LogP contribution in [0, 0.1) is 0 Å². The summed E-state index contributed by atoms with van der Waals surface area (Å²) in [5.74, 6) is -0.568. The molecular formula is C12H16N4O3. The van der Waals surface area contributed by atoms with Crippen molar-refractivity contribution in [3.63, 3.8) is 0 Å². The Morgan fingerprint density at radius 2 is 2.26 bits per heavy atom. The first-order chi connectivity index (χ1) is 9.02. The second-order valence-corrected chi connectivity index (χ2v) is 4.39. The molecule has 0 radical (unpaired) electrons. The maximum Gasteiger partial charge on any atom is 0.252 e. The number of rotatable bonds is 3. The van der Waals surface area contributed by atoms with Gasteiger partial charge in [0.1, 0.15) is 12.4 Å². The lowest BCUT2D eigenvalue weighted by Crippen LogP contribution is -2.38. The fourth-order valence-electron chi connectivity index (χ4n) is 2.11. The molecular weight excluding hydrogens is 248 g/mol. The Labute approximate surface area is 110 Å². The van der Waals surface area contributed by atoms with E-state index >= 15 is 0 Å². The summed E-state index contributed by atoms with van der Waals surface area (Å²) < 4.78 is 4.82. The quantitative estimate of drug-likeness (QED) is 0.749. The van der Waals surface area contributed by atoms with Crippen molar-refractivity contribution in [3.05, 3.63) is 22.9 Å². The van der Waals surface area contributed by atoms with Gasteiger partial charge in [-0.05, 0) is 11.6 Å². The lowest BCUT2D eigenvalue weighted by Gasteiger charge is -2.28. The number of carbonyl (C=O) groups is 2. The molecule has 0 bridgehead atoms. The van der Waals surface area contributed by atoms with Crippen molar-refractivity contribution in [1.82, 2.24) is 9.88 Å². The minimum absolute atomic E-state index is 0.0421. The van der Waals surface area contributed by atoms with Crippen LogP contribution >= 0.6 is 0 Å². The van der Waals surface area contributed by atoms with Gasteiger partial charge in [0.15, 0.2) is 0 Å². The number of fused-ring (bicyclic) bond motifs is 1. The summed E-state index contributed by atoms with van der Waals surface area (Å²) in [5, 5.41) is 0. The van der Waals surface area contributed by atoms with E-state index in [1.165, 1.54) is 7.11 Å². The first kappa shape index (κ1) is 13.3. The number of nitrogen functional groups attached to an aromatic ring is 1. The van der Waals surface area contributed by atoms with E-state index in [4.69, 9.17) is 16.2 Å². The highest BCUT2D eigenvalue weighted by Crippen LogP contribution is 2.21. The van der Waals surface area contributed by atoms with E-state index in [0.717, 1.165) is 11.3 Å². The topological polar surface area (TPSA) is 112 Å². The van der Waals surface area contributed by atoms with Crippen LogP contribution in [0.4, 0.5) is 5.82 Å². The number of carbonyl (C=O) groups excluding carboxylic acids is 2. The predicted molar refractivity (Wildman–Crippen MR) is 68.2 cm³/mol. The number of hydrogen-bond acceptors (Lipinski definition) is 5. The molecule has 1 aromatic heterocycles. The molecule has 19 heavy (non-hydrogen) atoms. The highest BCUT2D eigenvalue weighted by molar-refractivity contribution is 5.97. The van der Waals surface area contributed by atoms with E-state index in [1.807, 2.05) is 0 Å². The average molecular weight is 264 g/mol. The third-order valence-corrected chi connectivity index (χ3v) is 3.09. The van der Waals surface area contributed by atoms with Gasteiger partial charge < -0.3 is 21.1 Å². The number of anilines is 1. The molecule has 0 atom stereocenters. The Morgan fingerprint density at radius 1 is 1.53 bits per heavy atom. The molecule has 0 unspecified atom stereocenters. The zero-order valence-corrected chi connectivity index (χ0v) is 10.7. The smallest absolute Gasteiger partial charge is 0.252 e. The molecule has 0 spiro atoms. The molecule has 0 fully saturated rings. The zero-order chi connectivity index (χ0) is 14.0. The average Bonchev–Trinajstić information content (AvgIpc) is 2.37. The van der Waals surface area contributed by atoms with E-state index in [9.17, 15) is 9.59 Å². The minimum Gasteiger partial charge on any atom is -0.383 e. The van der Waals surface area contributed by atoms with Crippen molar-refractivity contribution in [2.75, 3.05) is 26.0 Å². The number of pyridine rings is 1. The van der Waals surface area contributed by atoms with Crippen LogP contribution in [-0.2, 0) is 22.5 Å². The van der Waals surface area contributed by atoms with Crippen LogP contribution in [0.25, 0.3) is 0 Å². The van der Waals surface area contributed by atoms with Crippen LogP contribution in [0.3, 0.4) is 0 Å². The van der Waals surface area contributed by atoms with Gasteiger partial charge in [-0.2, -0.15) is 0 Å². The number of methoxy groups -OCH3 is 1. The summed E-state index contributed by atoms with van der Waals surface area (Å²) in [7, 11) is 1.48. The van der Waals surface area contributed by atoms with Crippen LogP contribution < -0.4 is 11.5 Å². The third-order valence-electron chi connectivity index (χ3n) is 3.09. The molecule has 2 amide bonds. The van der Waals surface area contributed by atoms with E-state index in [2.05, 4.69) is 4.98 Å². The lowest BCUT2D eigenvalue weighted by molar-refractivity contribution is -0.136. The van der Waals surface area contributed by atoms with E-state index in [-0.39, 0.29) is 23.9 Å². The standard InChI is InChI=1S/C12H16N4O3/c1-19-6-10(17)16-3-2-9-7(5-16)4-8(12(14)18)11(13)15-9/h4H,2-3,5-6H2,1H3,(H2,13,15)(H2,14,18). The molecule has 4 N–H and O–H groups in total. The van der Waals surface area contributed by atoms with Gasteiger partial charge in [-0.3, -0.25) is 9.59 Å². The number of nitrogens with zero attached hydrogens (tertiary/aromatic N) is 2. The molecule has 0 saturated heterocycles. The van der Waals surface area contributed by atoms with Crippen molar-refractivity contribution in [1.29, 1.82) is 0 Å². The zero-order valence-electron chi connectivity index (χ0n) is 10.7. The van der Waals surface area contributed by atoms with Crippen molar-refractivity contribution in [3.8, 4) is 0 Å². The van der Waals surface area contributed by atoms with Crippen LogP contribution in [-0.4, -0.2) is 42.0 Å². The lowest BCUT2D eigenvalue weighted by atomic mass is 10.0. The van der Waals surface area contributed by atoms with Crippen molar-refractivity contribution in [2.24, 2.45) is 5.73 Å². The number of primary amides is 1. The second-order valence-electron chi connectivity index (χ2n) is 4.39. The predicted octanol–water partition coefficient (Wildman–Crippen LogP) is -0.706. The Hall–Kier alpha value is -2.15. The van der Waals surface area contributed by atoms with Crippen molar-refractivity contribution < 1.29 is 14.3 Å². The third kappa shape index (κ3) is 2.65. The summed E-state index contributed by atoms with van der Waals surface area (Å²) in [5.41, 5.74) is 12.7. The molecule has 1 aliphatic heterocycles. The Bertz CT molecular complexity index is 530. The maximum atomic E-state index is 11.8. The van der Waals surface area contributed by atoms with E-state index in [0.29, 0.717) is 19.5 Å². The van der Waals surface area contributed by atoms with Gasteiger partial charge in [0, 0.05) is 32.3 Å². The van der Waals surface area contributed by atoms with Gasteiger partial charge in [0.05, 0.1) is 5.56 Å². The van der Waals surface area contributed by atoms with Crippen LogP contribution in [0.2, 0.25) is 0 Å². The van der Waals surface area contributed by atoms with Crippen molar-refractivity contribution in [2.45, 2.75) is 13.0 Å². The van der Waals surface area contributed by atoms with Crippen LogP contribution in [0.15, 0.2) is 6.07 Å². The van der Waals surface area contributed by atoms with E-state index in [1.54, 1.807) is 11.0 Å². The number of ether oxygens (including phenoxy) is 1. The number of nitrogens with two attached hydrogens (primary N) is 2. The first-order valence-electron chi connectivity index (χ1n) is 5.87. The van der Waals surface area contributed by atoms with Gasteiger partial charge in [-0.15, -0.1) is 0 Å². The van der Waals surface area contributed by atoms with Crippen molar-refractivity contribution >= 4 is 17.6 Å². The number of hydrogen-bond donors (Lipinski definition) is 2. The van der Waals surface area contributed by atoms with Gasteiger partial charge in [-0.1, -0.05) is 0 Å². The molecule has 2 heterocycles. The van der Waals surface area contributed by atoms with E-state index < -0.39 is 5.91 Å². The molecule has 102 valence electrons. The summed E-state index contributed by atoms with van der Waals surface area (Å²) >= 11 is 0. The summed E-state index contributed by atoms with van der Waals surface area (Å²) in [6, 6.07) is 1.62. The van der Waals surface area contributed by atoms with Gasteiger partial charge in [0.25, 0.3) is 5.91 Å². The highest BCUT2D eigenvalue weighted by atomic mass is 16.5. The number of aromatic nitrogens is 1. The van der Waals surface area contributed by atoms with Crippen LogP contribution in [0.1, 0.15) is 21.6 Å². The molecule has 0 aromatic carbocycles. The summed E-state index contributed by atoms with van der Waals surface area (Å²) in [6.45, 7) is 1.00. The Morgan fingerprint density at radius 3 is 2.89 bits per heavy atom. The second kappa shape index (κ2) is 5.23. The van der Waals surface area contributed by atoms with Gasteiger partial charge in [-0.25, -0.2) is 4.98 Å². The monoisotopic (exact) mass is 264 g/mol. The molecule has 1 aliphatic rings. The minimum atomic E-state index is -0.617. The maximum absolute atomic E-state index is 11.8. The largest absolute Gasteiger partial charge is 0.383 e. The fourth-order valence-corrected chi connectivity index (χ4v) is 2.11. The molecule has 7 nitrogen and oxygen atoms in total. The normalized spacial score (nSPS) is 14.1. The highest BCUT2D eigenvalue weighted by Gasteiger charge is 2.23. The molecule has 0 saturated carbocycles. The molecule has 1 aromatic rings. The SMILES string of the molecule is COCC(=O)N1CCc2nc(N)c(C(N)=O)cc2C1. The first-order valence-corrected chi connectivity index (χ1v) is 5.87. The van der Waals surface area contributed by atoms with Gasteiger partial charge in [0.2, 0.25) is 5.91 Å². The summed E-state index contributed by atoms with van der Waals surface area (Å²) in [6.07, 6.45) is 0.605. The van der Waals surface area contributed by atoms with Crippen LogP contribution in [0.5, 0.6) is 0 Å². The molecule has 0 aliphatic carbocycles.